The summed E-state index contributed by atoms with van der Waals surface area (Å²) < 4.78 is 0. The van der Waals surface area contributed by atoms with Crippen molar-refractivity contribution in [3.63, 3.8) is 0 Å². The maximum absolute atomic E-state index is 4.46. The molecule has 8 rings (SSSR count). The zero-order valence-corrected chi connectivity index (χ0v) is 28.7. The van der Waals surface area contributed by atoms with Crippen molar-refractivity contribution < 1.29 is 0 Å². The molecule has 0 fully saturated rings. The summed E-state index contributed by atoms with van der Waals surface area (Å²) in [6, 6.07) is 35.6. The van der Waals surface area contributed by atoms with Crippen molar-refractivity contribution in [1.82, 2.24) is 0 Å². The predicted octanol–water partition coefficient (Wildman–Crippen LogP) is 13.2. The van der Waals surface area contributed by atoms with Gasteiger partial charge in [0.15, 0.2) is 0 Å². The van der Waals surface area contributed by atoms with Gasteiger partial charge in [-0.05, 0) is 119 Å². The van der Waals surface area contributed by atoms with Crippen LogP contribution in [0.15, 0.2) is 182 Å². The van der Waals surface area contributed by atoms with E-state index in [2.05, 4.69) is 183 Å². The highest BCUT2D eigenvalue weighted by Gasteiger charge is 2.32. The minimum Gasteiger partial charge on any atom is -0.317 e. The molecule has 0 radical (unpaired) electrons. The molecule has 50 heavy (non-hydrogen) atoms. The Balaban J connectivity index is 1.12. The first-order valence-corrected chi connectivity index (χ1v) is 17.4. The lowest BCUT2D eigenvalue weighted by atomic mass is 9.90. The Hall–Kier alpha value is -6.12. The molecule has 0 saturated heterocycles. The first-order valence-electron chi connectivity index (χ1n) is 17.4. The van der Waals surface area contributed by atoms with Crippen LogP contribution in [-0.4, -0.2) is 0 Å². The van der Waals surface area contributed by atoms with Gasteiger partial charge in [0.05, 0.1) is 17.1 Å². The smallest absolute Gasteiger partial charge is 0.0555 e. The van der Waals surface area contributed by atoms with Crippen LogP contribution in [0, 0.1) is 6.92 Å². The molecule has 2 aliphatic heterocycles. The maximum Gasteiger partial charge on any atom is 0.0555 e. The normalized spacial score (nSPS) is 17.2. The molecule has 0 amide bonds. The highest BCUT2D eigenvalue weighted by atomic mass is 15.2. The quantitative estimate of drug-likeness (QED) is 0.163. The van der Waals surface area contributed by atoms with E-state index in [0.717, 1.165) is 35.4 Å². The Morgan fingerprint density at radius 1 is 0.740 bits per heavy atom. The van der Waals surface area contributed by atoms with Crippen molar-refractivity contribution in [1.29, 1.82) is 0 Å². The van der Waals surface area contributed by atoms with E-state index in [9.17, 15) is 0 Å². The summed E-state index contributed by atoms with van der Waals surface area (Å²) in [5.74, 6) is 0. The van der Waals surface area contributed by atoms with E-state index in [4.69, 9.17) is 0 Å². The summed E-state index contributed by atoms with van der Waals surface area (Å²) in [5.41, 5.74) is 16.9. The summed E-state index contributed by atoms with van der Waals surface area (Å²) >= 11 is 0. The van der Waals surface area contributed by atoms with Crippen molar-refractivity contribution in [3.8, 4) is 22.3 Å². The van der Waals surface area contributed by atoms with Gasteiger partial charge in [0, 0.05) is 28.7 Å². The maximum atomic E-state index is 4.46. The third-order valence-corrected chi connectivity index (χ3v) is 10.0. The largest absolute Gasteiger partial charge is 0.317 e. The second-order valence-electron chi connectivity index (χ2n) is 13.1. The van der Waals surface area contributed by atoms with E-state index >= 15 is 0 Å². The summed E-state index contributed by atoms with van der Waals surface area (Å²) in [5, 5.41) is 2.46. The third-order valence-electron chi connectivity index (χ3n) is 10.0. The van der Waals surface area contributed by atoms with E-state index in [-0.39, 0.29) is 0 Å². The Morgan fingerprint density at radius 2 is 1.52 bits per heavy atom. The van der Waals surface area contributed by atoms with Crippen LogP contribution in [0.25, 0.3) is 44.3 Å². The van der Waals surface area contributed by atoms with E-state index in [1.165, 1.54) is 66.8 Å². The first-order chi connectivity index (χ1) is 24.5. The number of nitrogens with zero attached hydrogens (tertiary/aromatic N) is 2. The molecule has 0 spiro atoms. The second kappa shape index (κ2) is 13.1. The summed E-state index contributed by atoms with van der Waals surface area (Å²) in [6.45, 7) is 12.8. The molecular formula is C48H40N2. The number of anilines is 3. The number of hydrogen-bond donors (Lipinski definition) is 0. The third kappa shape index (κ3) is 5.59. The van der Waals surface area contributed by atoms with E-state index in [0.29, 0.717) is 0 Å². The van der Waals surface area contributed by atoms with Crippen molar-refractivity contribution >= 4 is 39.1 Å². The van der Waals surface area contributed by atoms with Crippen LogP contribution in [-0.2, 0) is 0 Å². The van der Waals surface area contributed by atoms with Gasteiger partial charge >= 0.3 is 0 Å². The molecule has 0 atom stereocenters. The van der Waals surface area contributed by atoms with Gasteiger partial charge in [0.2, 0.25) is 0 Å². The lowest BCUT2D eigenvalue weighted by Gasteiger charge is -2.39. The summed E-state index contributed by atoms with van der Waals surface area (Å²) in [6.07, 6.45) is 23.3. The Kier molecular flexibility index (Phi) is 8.14. The van der Waals surface area contributed by atoms with Crippen LogP contribution >= 0.6 is 0 Å². The highest BCUT2D eigenvalue weighted by Crippen LogP contribution is 2.48. The fourth-order valence-electron chi connectivity index (χ4n) is 7.31. The van der Waals surface area contributed by atoms with E-state index in [1.54, 1.807) is 0 Å². The molecule has 242 valence electrons. The van der Waals surface area contributed by atoms with Gasteiger partial charge in [0.1, 0.15) is 0 Å². The topological polar surface area (TPSA) is 6.48 Å². The number of allylic oxidation sites excluding steroid dienone is 11. The van der Waals surface area contributed by atoms with Crippen LogP contribution in [0.1, 0.15) is 36.5 Å². The van der Waals surface area contributed by atoms with Crippen LogP contribution < -0.4 is 9.80 Å². The molecule has 5 aromatic rings. The second-order valence-corrected chi connectivity index (χ2v) is 13.1. The number of benzene rings is 5. The first kappa shape index (κ1) is 31.2. The van der Waals surface area contributed by atoms with Crippen LogP contribution in [0.5, 0.6) is 0 Å². The molecule has 2 nitrogen and oxygen atoms in total. The SMILES string of the molecule is C=C/C=C\C=C1\c2cc(-c3ccc(-c4ccc5c(c4)C(=C)/C=C\C=C/N5c4ccc5ccccc5c4)c(C)c3)ccc2N1C1=CCC(CC)=C1. The van der Waals surface area contributed by atoms with Crippen LogP contribution in [0.4, 0.5) is 17.1 Å². The average Bonchev–Trinajstić information content (AvgIpc) is 3.61. The average molecular weight is 645 g/mol. The number of aryl methyl sites for hydroxylation is 1. The van der Waals surface area contributed by atoms with Gasteiger partial charge in [-0.25, -0.2) is 0 Å². The van der Waals surface area contributed by atoms with Gasteiger partial charge in [0.25, 0.3) is 0 Å². The van der Waals surface area contributed by atoms with Crippen molar-refractivity contribution in [3.05, 3.63) is 199 Å². The predicted molar refractivity (Wildman–Crippen MR) is 216 cm³/mol. The fraction of sp³-hybridized carbons (Fsp3) is 0.0833. The van der Waals surface area contributed by atoms with Crippen LogP contribution in [0.2, 0.25) is 0 Å². The number of hydrogen-bond acceptors (Lipinski definition) is 2. The standard InChI is InChI=1S/C48H40N2/c1-5-7-8-16-47-45-31-39(20-26-48(45)50(47)42-22-17-35(6-2)29-42)38-19-24-43(34(4)28-38)40-21-25-46-44(32-40)33(3)13-11-12-27-49(46)41-23-18-36-14-9-10-15-37(36)30-41/h5,7-16,18-32H,1,3,6,17H2,2,4H3/b8-7-,13-11-,27-12-,47-16-. The Bertz CT molecular complexity index is 2390. The van der Waals surface area contributed by atoms with Gasteiger partial charge in [-0.3, -0.25) is 0 Å². The molecule has 0 N–H and O–H groups in total. The molecule has 1 aliphatic carbocycles. The molecule has 0 saturated carbocycles. The monoisotopic (exact) mass is 644 g/mol. The molecule has 0 aromatic heterocycles. The number of rotatable bonds is 7. The van der Waals surface area contributed by atoms with Gasteiger partial charge in [-0.1, -0.05) is 123 Å². The Morgan fingerprint density at radius 3 is 2.34 bits per heavy atom. The lowest BCUT2D eigenvalue weighted by Crippen LogP contribution is -2.29. The summed E-state index contributed by atoms with van der Waals surface area (Å²) in [7, 11) is 0. The molecule has 5 aromatic carbocycles. The molecule has 2 heterocycles. The van der Waals surface area contributed by atoms with Crippen molar-refractivity contribution in [2.24, 2.45) is 0 Å². The molecule has 0 unspecified atom stereocenters. The fourth-order valence-corrected chi connectivity index (χ4v) is 7.31. The minimum atomic E-state index is 0.990. The molecule has 3 aliphatic rings. The van der Waals surface area contributed by atoms with Gasteiger partial charge in [-0.15, -0.1) is 0 Å². The zero-order chi connectivity index (χ0) is 34.2. The molecule has 0 bridgehead atoms. The minimum absolute atomic E-state index is 0.990. The zero-order valence-electron chi connectivity index (χ0n) is 28.7. The van der Waals surface area contributed by atoms with Gasteiger partial charge < -0.3 is 9.80 Å². The Labute approximate surface area is 296 Å². The van der Waals surface area contributed by atoms with Crippen molar-refractivity contribution in [2.75, 3.05) is 9.80 Å². The molecular weight excluding hydrogens is 605 g/mol. The highest BCUT2D eigenvalue weighted by molar-refractivity contribution is 6.02. The summed E-state index contributed by atoms with van der Waals surface area (Å²) in [4.78, 5) is 4.64. The number of fused-ring (bicyclic) bond motifs is 3. The molecule has 2 heteroatoms. The lowest BCUT2D eigenvalue weighted by molar-refractivity contribution is 1.05. The van der Waals surface area contributed by atoms with E-state index in [1.807, 2.05) is 12.2 Å². The van der Waals surface area contributed by atoms with E-state index < -0.39 is 0 Å². The van der Waals surface area contributed by atoms with Gasteiger partial charge in [-0.2, -0.15) is 0 Å². The van der Waals surface area contributed by atoms with Crippen molar-refractivity contribution in [2.45, 2.75) is 26.7 Å². The van der Waals surface area contributed by atoms with Crippen LogP contribution in [0.3, 0.4) is 0 Å².